The van der Waals surface area contributed by atoms with Crippen molar-refractivity contribution in [2.24, 2.45) is 0 Å². The van der Waals surface area contributed by atoms with Crippen LogP contribution in [0.1, 0.15) is 51.5 Å². The van der Waals surface area contributed by atoms with Crippen molar-refractivity contribution in [3.63, 3.8) is 0 Å². The van der Waals surface area contributed by atoms with Crippen molar-refractivity contribution in [3.05, 3.63) is 46.1 Å². The molecule has 2 saturated heterocycles. The van der Waals surface area contributed by atoms with E-state index in [9.17, 15) is 17.6 Å². The van der Waals surface area contributed by atoms with Crippen LogP contribution in [0.15, 0.2) is 34.2 Å². The Kier molecular flexibility index (Phi) is 7.35. The van der Waals surface area contributed by atoms with Gasteiger partial charge in [-0.15, -0.1) is 5.10 Å². The van der Waals surface area contributed by atoms with Crippen LogP contribution in [-0.2, 0) is 34.3 Å². The molecule has 2 bridgehead atoms. The Morgan fingerprint density at radius 1 is 1.12 bits per heavy atom. The highest BCUT2D eigenvalue weighted by Crippen LogP contribution is 2.37. The maximum atomic E-state index is 13.9. The third kappa shape index (κ3) is 5.07. The maximum absolute atomic E-state index is 13.9. The van der Waals surface area contributed by atoms with Crippen molar-refractivity contribution < 1.29 is 17.5 Å². The normalized spacial score (nSPS) is 23.3. The van der Waals surface area contributed by atoms with Crippen molar-refractivity contribution in [1.82, 2.24) is 19.2 Å². The topological polar surface area (TPSA) is 86.4 Å². The van der Waals surface area contributed by atoms with Crippen LogP contribution in [0.25, 0.3) is 0 Å². The van der Waals surface area contributed by atoms with Gasteiger partial charge in [-0.05, 0) is 45.1 Å². The van der Waals surface area contributed by atoms with E-state index in [1.54, 1.807) is 26.0 Å². The summed E-state index contributed by atoms with van der Waals surface area (Å²) in [5.41, 5.74) is 0.224. The predicted octanol–water partition coefficient (Wildman–Crippen LogP) is 2.60. The number of rotatable bonds is 10. The SMILES string of the molecule is CCn1c(S(=O)(=O)CC)nn(CCCN2C3CCC2CC(OCc2ccccc2F)C3)c1=O. The Labute approximate surface area is 194 Å². The molecule has 0 saturated carbocycles. The molecular weight excluding hydrogens is 447 g/mol. The lowest BCUT2D eigenvalue weighted by Crippen LogP contribution is -2.46. The number of ether oxygens (including phenoxy) is 1. The van der Waals surface area contributed by atoms with Gasteiger partial charge in [0.25, 0.3) is 0 Å². The van der Waals surface area contributed by atoms with E-state index in [2.05, 4.69) is 10.00 Å². The molecule has 0 amide bonds. The Bertz CT molecular complexity index is 1120. The van der Waals surface area contributed by atoms with E-state index in [-0.39, 0.29) is 35.1 Å². The molecule has 0 aliphatic carbocycles. The highest BCUT2D eigenvalue weighted by Gasteiger charge is 2.40. The van der Waals surface area contributed by atoms with Crippen molar-refractivity contribution in [3.8, 4) is 0 Å². The number of halogens is 1. The highest BCUT2D eigenvalue weighted by atomic mass is 32.2. The Hall–Kier alpha value is -2.04. The first kappa shape index (κ1) is 24.1. The van der Waals surface area contributed by atoms with E-state index in [0.29, 0.717) is 30.8 Å². The fourth-order valence-corrected chi connectivity index (χ4v) is 6.17. The molecule has 0 spiro atoms. The van der Waals surface area contributed by atoms with Crippen LogP contribution < -0.4 is 5.69 Å². The first-order valence-electron chi connectivity index (χ1n) is 11.8. The summed E-state index contributed by atoms with van der Waals surface area (Å²) < 4.78 is 47.0. The van der Waals surface area contributed by atoms with Crippen molar-refractivity contribution in [2.45, 2.75) is 89.0 Å². The zero-order valence-corrected chi connectivity index (χ0v) is 20.1. The van der Waals surface area contributed by atoms with E-state index >= 15 is 0 Å². The lowest BCUT2D eigenvalue weighted by atomic mass is 9.99. The molecule has 10 heteroatoms. The van der Waals surface area contributed by atoms with E-state index in [1.165, 1.54) is 15.3 Å². The van der Waals surface area contributed by atoms with E-state index < -0.39 is 9.84 Å². The minimum atomic E-state index is -3.55. The lowest BCUT2D eigenvalue weighted by Gasteiger charge is -2.38. The van der Waals surface area contributed by atoms with Gasteiger partial charge in [0.2, 0.25) is 15.0 Å². The van der Waals surface area contributed by atoms with Crippen LogP contribution in [0.3, 0.4) is 0 Å². The molecular formula is C23H33FN4O4S. The fraction of sp³-hybridized carbons (Fsp3) is 0.652. The number of piperidine rings is 1. The number of benzene rings is 1. The van der Waals surface area contributed by atoms with Crippen LogP contribution in [-0.4, -0.2) is 58.2 Å². The smallest absolute Gasteiger partial charge is 0.346 e. The molecule has 1 aromatic heterocycles. The zero-order chi connectivity index (χ0) is 23.6. The van der Waals surface area contributed by atoms with Gasteiger partial charge in [-0.3, -0.25) is 9.47 Å². The maximum Gasteiger partial charge on any atom is 0.346 e. The first-order chi connectivity index (χ1) is 15.8. The molecule has 2 aromatic rings. The van der Waals surface area contributed by atoms with E-state index in [1.807, 2.05) is 6.07 Å². The summed E-state index contributed by atoms with van der Waals surface area (Å²) in [7, 11) is -3.55. The molecule has 2 fully saturated rings. The summed E-state index contributed by atoms with van der Waals surface area (Å²) in [6, 6.07) is 7.58. The van der Waals surface area contributed by atoms with Gasteiger partial charge in [0, 0.05) is 37.3 Å². The molecule has 3 heterocycles. The minimum Gasteiger partial charge on any atom is -0.373 e. The molecule has 33 heavy (non-hydrogen) atoms. The molecule has 2 aliphatic heterocycles. The van der Waals surface area contributed by atoms with Gasteiger partial charge in [-0.25, -0.2) is 22.3 Å². The van der Waals surface area contributed by atoms with Gasteiger partial charge in [-0.2, -0.15) is 0 Å². The highest BCUT2D eigenvalue weighted by molar-refractivity contribution is 7.91. The minimum absolute atomic E-state index is 0.0826. The van der Waals surface area contributed by atoms with Crippen LogP contribution in [0.5, 0.6) is 0 Å². The van der Waals surface area contributed by atoms with E-state index in [0.717, 1.165) is 38.6 Å². The molecule has 2 atom stereocenters. The number of aryl methyl sites for hydroxylation is 1. The number of nitrogens with zero attached hydrogens (tertiary/aromatic N) is 4. The van der Waals surface area contributed by atoms with Crippen LogP contribution in [0, 0.1) is 5.82 Å². The third-order valence-electron chi connectivity index (χ3n) is 6.92. The van der Waals surface area contributed by atoms with Crippen molar-refractivity contribution in [1.29, 1.82) is 0 Å². The number of hydrogen-bond donors (Lipinski definition) is 0. The number of sulfone groups is 1. The summed E-state index contributed by atoms with van der Waals surface area (Å²) in [6.07, 6.45) is 4.94. The second kappa shape index (κ2) is 10.1. The molecule has 2 aliphatic rings. The largest absolute Gasteiger partial charge is 0.373 e. The summed E-state index contributed by atoms with van der Waals surface area (Å²) in [5.74, 6) is -0.311. The van der Waals surface area contributed by atoms with Crippen molar-refractivity contribution >= 4 is 9.84 Å². The quantitative estimate of drug-likeness (QED) is 0.520. The third-order valence-corrected chi connectivity index (χ3v) is 8.54. The Balaban J connectivity index is 1.32. The number of aromatic nitrogens is 3. The standard InChI is InChI=1S/C23H33FN4O4S/c1-3-26-22(33(30,31)4-2)25-28(23(26)29)13-7-12-27-18-10-11-19(27)15-20(14-18)32-16-17-8-5-6-9-21(17)24/h5-6,8-9,18-20H,3-4,7,10-16H2,1-2H3. The lowest BCUT2D eigenvalue weighted by molar-refractivity contribution is -0.0293. The van der Waals surface area contributed by atoms with Gasteiger partial charge < -0.3 is 4.74 Å². The second-order valence-electron chi connectivity index (χ2n) is 8.91. The molecule has 1 aromatic carbocycles. The van der Waals surface area contributed by atoms with Gasteiger partial charge in [0.05, 0.1) is 18.5 Å². The molecule has 0 radical (unpaired) electrons. The summed E-state index contributed by atoms with van der Waals surface area (Å²) in [5, 5.41) is 4.01. The Morgan fingerprint density at radius 2 is 1.82 bits per heavy atom. The first-order valence-corrected chi connectivity index (χ1v) is 13.5. The predicted molar refractivity (Wildman–Crippen MR) is 122 cm³/mol. The van der Waals surface area contributed by atoms with Crippen LogP contribution in [0.4, 0.5) is 4.39 Å². The number of fused-ring (bicyclic) bond motifs is 2. The van der Waals surface area contributed by atoms with Crippen LogP contribution in [0.2, 0.25) is 0 Å². The van der Waals surface area contributed by atoms with E-state index in [4.69, 9.17) is 4.74 Å². The fourth-order valence-electron chi connectivity index (χ4n) is 5.15. The average Bonchev–Trinajstić information content (AvgIpc) is 3.25. The van der Waals surface area contributed by atoms with Gasteiger partial charge in [0.15, 0.2) is 0 Å². The summed E-state index contributed by atoms with van der Waals surface area (Å²) in [6.45, 7) is 5.09. The Morgan fingerprint density at radius 3 is 2.45 bits per heavy atom. The van der Waals surface area contributed by atoms with Crippen LogP contribution >= 0.6 is 0 Å². The molecule has 0 N–H and O–H groups in total. The van der Waals surface area contributed by atoms with Gasteiger partial charge in [0.1, 0.15) is 5.82 Å². The molecule has 4 rings (SSSR count). The average molecular weight is 481 g/mol. The molecule has 2 unspecified atom stereocenters. The van der Waals surface area contributed by atoms with Crippen molar-refractivity contribution in [2.75, 3.05) is 12.3 Å². The molecule has 182 valence electrons. The summed E-state index contributed by atoms with van der Waals surface area (Å²) >= 11 is 0. The second-order valence-corrected chi connectivity index (χ2v) is 11.1. The molecule has 8 nitrogen and oxygen atoms in total. The summed E-state index contributed by atoms with van der Waals surface area (Å²) in [4.78, 5) is 15.1. The van der Waals surface area contributed by atoms with Gasteiger partial charge >= 0.3 is 5.69 Å². The monoisotopic (exact) mass is 480 g/mol. The van der Waals surface area contributed by atoms with Gasteiger partial charge in [-0.1, -0.05) is 25.1 Å². The number of hydrogen-bond acceptors (Lipinski definition) is 6. The zero-order valence-electron chi connectivity index (χ0n) is 19.3.